The van der Waals surface area contributed by atoms with E-state index in [4.69, 9.17) is 0 Å². The van der Waals surface area contributed by atoms with Crippen LogP contribution < -0.4 is 61.6 Å². The van der Waals surface area contributed by atoms with Crippen molar-refractivity contribution in [3.63, 3.8) is 0 Å². The molecule has 0 heterocycles. The predicted octanol–water partition coefficient (Wildman–Crippen LogP) is -0.228. The van der Waals surface area contributed by atoms with Crippen LogP contribution in [0.2, 0.25) is 0 Å². The monoisotopic (exact) mass is 282 g/mol. The molecule has 0 saturated heterocycles. The summed E-state index contributed by atoms with van der Waals surface area (Å²) >= 11 is 0. The molecule has 1 nitrogen and oxygen atoms in total. The van der Waals surface area contributed by atoms with Crippen LogP contribution in [0.1, 0.15) is 5.56 Å². The summed E-state index contributed by atoms with van der Waals surface area (Å²) in [4.78, 5) is 0. The van der Waals surface area contributed by atoms with E-state index in [-0.39, 0.29) is 57.5 Å². The molecule has 0 atom stereocenters. The molecule has 90 valence electrons. The van der Waals surface area contributed by atoms with Crippen molar-refractivity contribution in [1.29, 1.82) is 0 Å². The fraction of sp³-hybridized carbons (Fsp3) is 0.250. The number of ether oxygens (including phenoxy) is 1. The van der Waals surface area contributed by atoms with E-state index in [0.717, 1.165) is 7.11 Å². The minimum atomic E-state index is -5.45. The minimum Gasteiger partial charge on any atom is -0.496 e. The van der Waals surface area contributed by atoms with Gasteiger partial charge in [0, 0.05) is 0 Å². The van der Waals surface area contributed by atoms with Crippen LogP contribution >= 0.6 is 0 Å². The Morgan fingerprint density at radius 2 is 1.65 bits per heavy atom. The Morgan fingerprint density at radius 1 is 1.12 bits per heavy atom. The molecule has 0 aliphatic heterocycles. The first-order valence-corrected chi connectivity index (χ1v) is 4.11. The molecule has 17 heavy (non-hydrogen) atoms. The molecule has 0 bridgehead atoms. The molecular formula is C8H6BF6KO. The number of benzene rings is 1. The number of alkyl halides is 3. The number of hydrogen-bond acceptors (Lipinski definition) is 1. The smallest absolute Gasteiger partial charge is 0.496 e. The van der Waals surface area contributed by atoms with Gasteiger partial charge in [-0.15, -0.1) is 5.46 Å². The first kappa shape index (κ1) is 17.3. The van der Waals surface area contributed by atoms with Crippen LogP contribution in [0.15, 0.2) is 18.2 Å². The quantitative estimate of drug-likeness (QED) is 0.538. The fourth-order valence-electron chi connectivity index (χ4n) is 1.15. The summed E-state index contributed by atoms with van der Waals surface area (Å²) in [6.07, 6.45) is -4.87. The summed E-state index contributed by atoms with van der Waals surface area (Å²) in [6, 6.07) is 1.28. The first-order chi connectivity index (χ1) is 7.16. The van der Waals surface area contributed by atoms with E-state index in [1.165, 1.54) is 0 Å². The molecule has 9 heteroatoms. The average molecular weight is 282 g/mol. The molecule has 1 aromatic rings. The van der Waals surface area contributed by atoms with Crippen LogP contribution in [0.3, 0.4) is 0 Å². The van der Waals surface area contributed by atoms with Crippen molar-refractivity contribution in [3.8, 4) is 5.75 Å². The zero-order valence-electron chi connectivity index (χ0n) is 8.99. The van der Waals surface area contributed by atoms with E-state index in [1.807, 2.05) is 0 Å². The van der Waals surface area contributed by atoms with Crippen LogP contribution in [0.25, 0.3) is 0 Å². The van der Waals surface area contributed by atoms with Gasteiger partial charge in [0.1, 0.15) is 5.75 Å². The van der Waals surface area contributed by atoms with Gasteiger partial charge in [-0.25, -0.2) is 0 Å². The van der Waals surface area contributed by atoms with Gasteiger partial charge in [0.2, 0.25) is 0 Å². The van der Waals surface area contributed by atoms with Gasteiger partial charge < -0.3 is 17.7 Å². The van der Waals surface area contributed by atoms with Gasteiger partial charge in [0.05, 0.1) is 12.7 Å². The van der Waals surface area contributed by atoms with Crippen LogP contribution in [-0.4, -0.2) is 14.1 Å². The van der Waals surface area contributed by atoms with Gasteiger partial charge in [-0.05, 0) is 6.07 Å². The zero-order chi connectivity index (χ0) is 12.6. The van der Waals surface area contributed by atoms with Crippen molar-refractivity contribution >= 4 is 12.4 Å². The summed E-state index contributed by atoms with van der Waals surface area (Å²) in [5, 5.41) is 0. The molecule has 0 fully saturated rings. The van der Waals surface area contributed by atoms with E-state index >= 15 is 0 Å². The van der Waals surface area contributed by atoms with Crippen LogP contribution in [0.5, 0.6) is 5.75 Å². The largest absolute Gasteiger partial charge is 1.00 e. The van der Waals surface area contributed by atoms with E-state index in [0.29, 0.717) is 12.1 Å². The summed E-state index contributed by atoms with van der Waals surface area (Å²) in [7, 11) is 0.961. The third kappa shape index (κ3) is 4.47. The molecule has 0 unspecified atom stereocenters. The second-order valence-corrected chi connectivity index (χ2v) is 3.03. The van der Waals surface area contributed by atoms with Gasteiger partial charge in [0.15, 0.2) is 0 Å². The van der Waals surface area contributed by atoms with Crippen molar-refractivity contribution in [2.45, 2.75) is 6.18 Å². The van der Waals surface area contributed by atoms with Crippen molar-refractivity contribution in [2.24, 2.45) is 0 Å². The van der Waals surface area contributed by atoms with Crippen LogP contribution in [0.4, 0.5) is 26.1 Å². The minimum absolute atomic E-state index is 0. The number of methoxy groups -OCH3 is 1. The maximum Gasteiger partial charge on any atom is 1.00 e. The summed E-state index contributed by atoms with van der Waals surface area (Å²) in [5.74, 6) is -0.628. The Balaban J connectivity index is 0.00000256. The normalized spacial score (nSPS) is 11.9. The molecule has 0 saturated carbocycles. The molecule has 0 aliphatic rings. The van der Waals surface area contributed by atoms with E-state index in [2.05, 4.69) is 4.74 Å². The molecule has 0 aromatic heterocycles. The van der Waals surface area contributed by atoms with Gasteiger partial charge >= 0.3 is 64.5 Å². The molecule has 0 N–H and O–H groups in total. The van der Waals surface area contributed by atoms with Gasteiger partial charge in [-0.3, -0.25) is 0 Å². The maximum atomic E-state index is 12.4. The average Bonchev–Trinajstić information content (AvgIpc) is 2.14. The Hall–Kier alpha value is 0.301. The molecular weight excluding hydrogens is 276 g/mol. The van der Waals surface area contributed by atoms with Crippen LogP contribution in [-0.2, 0) is 6.18 Å². The Morgan fingerprint density at radius 3 is 2.00 bits per heavy atom. The summed E-state index contributed by atoms with van der Waals surface area (Å²) in [6.45, 7) is -5.45. The third-order valence-corrected chi connectivity index (χ3v) is 1.91. The number of halogens is 6. The standard InChI is InChI=1S/C8H6BF6O.K/c1-16-7-3-2-5(9(13,14)15)4-6(7)8(10,11)12;/h2-4H,1H3;/q-1;+1. The molecule has 0 spiro atoms. The van der Waals surface area contributed by atoms with Gasteiger partial charge in [0.25, 0.3) is 0 Å². The van der Waals surface area contributed by atoms with Gasteiger partial charge in [-0.2, -0.15) is 13.2 Å². The Labute approximate surface area is 136 Å². The molecule has 1 aromatic carbocycles. The Bertz CT molecular complexity index is 389. The Kier molecular flexibility index (Phi) is 6.07. The van der Waals surface area contributed by atoms with Gasteiger partial charge in [-0.1, -0.05) is 12.1 Å². The van der Waals surface area contributed by atoms with Crippen molar-refractivity contribution in [1.82, 2.24) is 0 Å². The van der Waals surface area contributed by atoms with Crippen LogP contribution in [0, 0.1) is 0 Å². The van der Waals surface area contributed by atoms with E-state index < -0.39 is 29.9 Å². The first-order valence-electron chi connectivity index (χ1n) is 4.11. The second-order valence-electron chi connectivity index (χ2n) is 3.03. The SMILES string of the molecule is COc1ccc([B-](F)(F)F)cc1C(F)(F)F.[K+]. The number of rotatable bonds is 2. The second kappa shape index (κ2) is 5.96. The predicted molar refractivity (Wildman–Crippen MR) is 46.7 cm³/mol. The maximum absolute atomic E-state index is 12.4. The zero-order valence-corrected chi connectivity index (χ0v) is 12.1. The van der Waals surface area contributed by atoms with E-state index in [1.54, 1.807) is 0 Å². The summed E-state index contributed by atoms with van der Waals surface area (Å²) in [5.41, 5.74) is -2.72. The van der Waals surface area contributed by atoms with Crippen molar-refractivity contribution in [2.75, 3.05) is 7.11 Å². The molecule has 1 rings (SSSR count). The number of hydrogen-bond donors (Lipinski definition) is 0. The molecule has 0 radical (unpaired) electrons. The van der Waals surface area contributed by atoms with E-state index in [9.17, 15) is 26.1 Å². The summed E-state index contributed by atoms with van der Waals surface area (Å²) < 4.78 is 78.2. The van der Waals surface area contributed by atoms with Crippen molar-refractivity contribution in [3.05, 3.63) is 23.8 Å². The van der Waals surface area contributed by atoms with Crippen molar-refractivity contribution < 1.29 is 82.2 Å². The third-order valence-electron chi connectivity index (χ3n) is 1.91. The topological polar surface area (TPSA) is 9.23 Å². The molecule has 0 aliphatic carbocycles. The fourth-order valence-corrected chi connectivity index (χ4v) is 1.15. The molecule has 0 amide bonds.